The molecule has 166 valence electrons. The van der Waals surface area contributed by atoms with Gasteiger partial charge in [0.15, 0.2) is 11.8 Å². The number of nitrogens with zero attached hydrogens (tertiary/aromatic N) is 6. The minimum Gasteiger partial charge on any atom is -0.340 e. The predicted octanol–water partition coefficient (Wildman–Crippen LogP) is 3.17. The number of H-pyrrole nitrogens is 1. The van der Waals surface area contributed by atoms with Gasteiger partial charge in [0, 0.05) is 14.5 Å². The molecule has 1 aliphatic carbocycles. The van der Waals surface area contributed by atoms with E-state index in [2.05, 4.69) is 20.4 Å². The number of halogens is 1. The highest BCUT2D eigenvalue weighted by Gasteiger charge is 2.33. The summed E-state index contributed by atoms with van der Waals surface area (Å²) in [5.41, 5.74) is 1.00. The molecule has 2 aliphatic rings. The van der Waals surface area contributed by atoms with E-state index in [1.807, 2.05) is 15.8 Å². The Morgan fingerprint density at radius 1 is 1.25 bits per heavy atom. The summed E-state index contributed by atoms with van der Waals surface area (Å²) in [7, 11) is 0. The van der Waals surface area contributed by atoms with E-state index >= 15 is 0 Å². The summed E-state index contributed by atoms with van der Waals surface area (Å²) in [6.45, 7) is 1.08. The van der Waals surface area contributed by atoms with Crippen LogP contribution < -0.4 is 10.9 Å². The van der Waals surface area contributed by atoms with Gasteiger partial charge >= 0.3 is 0 Å². The molecule has 0 radical (unpaired) electrons. The van der Waals surface area contributed by atoms with E-state index in [-0.39, 0.29) is 24.8 Å². The van der Waals surface area contributed by atoms with Gasteiger partial charge in [-0.1, -0.05) is 19.3 Å². The van der Waals surface area contributed by atoms with Crippen molar-refractivity contribution in [1.82, 2.24) is 30.0 Å². The van der Waals surface area contributed by atoms with Crippen LogP contribution in [-0.2, 0) is 0 Å². The molecular weight excluding hydrogens is 411 g/mol. The van der Waals surface area contributed by atoms with Crippen molar-refractivity contribution in [3.8, 4) is 6.19 Å². The maximum Gasteiger partial charge on any atom is 0.262 e. The number of aliphatic imine (C=N–C) groups is 1. The lowest BCUT2D eigenvalue weighted by Gasteiger charge is -2.39. The number of aromatic amines is 1. The molecule has 0 unspecified atom stereocenters. The summed E-state index contributed by atoms with van der Waals surface area (Å²) < 4.78 is 15.1. The maximum atomic E-state index is 13.1. The molecule has 2 N–H and O–H groups in total. The topological polar surface area (TPSA) is 115 Å². The van der Waals surface area contributed by atoms with Crippen molar-refractivity contribution < 1.29 is 5.82 Å². The highest BCUT2D eigenvalue weighted by Crippen LogP contribution is 2.30. The molecule has 3 heterocycles. The van der Waals surface area contributed by atoms with Gasteiger partial charge in [-0.25, -0.2) is 19.0 Å². The second kappa shape index (κ2) is 8.42. The third-order valence-electron chi connectivity index (χ3n) is 6.20. The molecule has 2 aromatic heterocycles. The SMILES string of the molecule is N#CNC(=Nc1ccc(F)cc1)N1CC(c2nc3c(cnn3C3CCCCC3)c(=O)[nH]2)C1.[HH]. The third-order valence-corrected chi connectivity index (χ3v) is 6.20. The lowest BCUT2D eigenvalue weighted by atomic mass is 9.96. The number of nitrogens with one attached hydrogen (secondary N) is 2. The Hall–Kier alpha value is -3.74. The van der Waals surface area contributed by atoms with E-state index in [1.165, 1.54) is 31.4 Å². The Morgan fingerprint density at radius 3 is 2.72 bits per heavy atom. The fraction of sp³-hybridized carbons (Fsp3) is 0.409. The lowest BCUT2D eigenvalue weighted by Crippen LogP contribution is -2.53. The third kappa shape index (κ3) is 3.82. The number of aromatic nitrogens is 4. The normalized spacial score (nSPS) is 17.9. The second-order valence-corrected chi connectivity index (χ2v) is 8.32. The Balaban J connectivity index is 0.00000259. The van der Waals surface area contributed by atoms with Crippen molar-refractivity contribution in [2.75, 3.05) is 13.1 Å². The molecular formula is C22H25FN8O. The summed E-state index contributed by atoms with van der Waals surface area (Å²) in [6, 6.07) is 6.02. The number of benzene rings is 1. The van der Waals surface area contributed by atoms with Gasteiger partial charge in [0.05, 0.1) is 23.8 Å². The highest BCUT2D eigenvalue weighted by molar-refractivity contribution is 5.85. The van der Waals surface area contributed by atoms with Crippen molar-refractivity contribution in [3.63, 3.8) is 0 Å². The maximum absolute atomic E-state index is 13.1. The molecule has 2 fully saturated rings. The van der Waals surface area contributed by atoms with Gasteiger partial charge in [0.25, 0.3) is 5.56 Å². The molecule has 1 aliphatic heterocycles. The smallest absolute Gasteiger partial charge is 0.262 e. The molecule has 0 amide bonds. The van der Waals surface area contributed by atoms with Crippen LogP contribution in [-0.4, -0.2) is 43.7 Å². The molecule has 10 heteroatoms. The predicted molar refractivity (Wildman–Crippen MR) is 119 cm³/mol. The fourth-order valence-corrected chi connectivity index (χ4v) is 4.43. The second-order valence-electron chi connectivity index (χ2n) is 8.32. The van der Waals surface area contributed by atoms with Gasteiger partial charge in [0.1, 0.15) is 17.0 Å². The number of fused-ring (bicyclic) bond motifs is 1. The van der Waals surface area contributed by atoms with Crippen LogP contribution in [0.4, 0.5) is 10.1 Å². The Kier molecular flexibility index (Phi) is 5.31. The molecule has 0 bridgehead atoms. The van der Waals surface area contributed by atoms with E-state index in [4.69, 9.17) is 10.2 Å². The first-order chi connectivity index (χ1) is 15.6. The van der Waals surface area contributed by atoms with Gasteiger partial charge in [-0.05, 0) is 37.1 Å². The Labute approximate surface area is 185 Å². The number of hydrogen-bond donors (Lipinski definition) is 2. The quantitative estimate of drug-likeness (QED) is 0.282. The average molecular weight is 436 g/mol. The minimum absolute atomic E-state index is 0. The van der Waals surface area contributed by atoms with Crippen molar-refractivity contribution in [2.24, 2.45) is 4.99 Å². The van der Waals surface area contributed by atoms with Crippen molar-refractivity contribution in [3.05, 3.63) is 52.5 Å². The van der Waals surface area contributed by atoms with Crippen LogP contribution in [0.3, 0.4) is 0 Å². The zero-order valence-corrected chi connectivity index (χ0v) is 17.5. The highest BCUT2D eigenvalue weighted by atomic mass is 19.1. The van der Waals surface area contributed by atoms with Gasteiger partial charge in [-0.2, -0.15) is 10.4 Å². The molecule has 0 atom stereocenters. The number of likely N-dealkylation sites (tertiary alicyclic amines) is 1. The van der Waals surface area contributed by atoms with E-state index in [9.17, 15) is 9.18 Å². The molecule has 32 heavy (non-hydrogen) atoms. The molecule has 5 rings (SSSR count). The van der Waals surface area contributed by atoms with Crippen LogP contribution >= 0.6 is 0 Å². The van der Waals surface area contributed by atoms with E-state index < -0.39 is 0 Å². The number of guanidine groups is 1. The first kappa shape index (κ1) is 20.2. The van der Waals surface area contributed by atoms with E-state index in [1.54, 1.807) is 18.3 Å². The summed E-state index contributed by atoms with van der Waals surface area (Å²) in [5, 5.41) is 16.7. The molecule has 1 aromatic carbocycles. The standard InChI is InChI=1S/C22H23FN8O.H2/c23-15-6-8-16(9-7-15)27-22(25-13-24)30-11-14(12-30)19-28-20-18(21(32)29-19)10-26-31(20)17-4-2-1-3-5-17;/h6-10,14,17H,1-5,11-12H2,(H,25,27)(H,28,29,32);1H. The number of nitriles is 1. The van der Waals surface area contributed by atoms with Gasteiger partial charge in [0.2, 0.25) is 5.96 Å². The van der Waals surface area contributed by atoms with E-state index in [0.29, 0.717) is 41.6 Å². The Morgan fingerprint density at radius 2 is 2.00 bits per heavy atom. The van der Waals surface area contributed by atoms with Gasteiger partial charge in [-0.15, -0.1) is 0 Å². The summed E-state index contributed by atoms with van der Waals surface area (Å²) >= 11 is 0. The van der Waals surface area contributed by atoms with Crippen molar-refractivity contribution in [1.29, 1.82) is 5.26 Å². The van der Waals surface area contributed by atoms with Crippen LogP contribution in [0.2, 0.25) is 0 Å². The first-order valence-corrected chi connectivity index (χ1v) is 10.8. The van der Waals surface area contributed by atoms with Crippen molar-refractivity contribution >= 4 is 22.7 Å². The fourth-order valence-electron chi connectivity index (χ4n) is 4.43. The molecule has 9 nitrogen and oxygen atoms in total. The van der Waals surface area contributed by atoms with Crippen LogP contribution in [0.15, 0.2) is 40.2 Å². The molecule has 1 saturated heterocycles. The summed E-state index contributed by atoms with van der Waals surface area (Å²) in [4.78, 5) is 26.6. The average Bonchev–Trinajstić information content (AvgIpc) is 3.20. The van der Waals surface area contributed by atoms with Crippen LogP contribution in [0, 0.1) is 17.3 Å². The van der Waals surface area contributed by atoms with Gasteiger partial charge in [-0.3, -0.25) is 10.1 Å². The largest absolute Gasteiger partial charge is 0.340 e. The van der Waals surface area contributed by atoms with Gasteiger partial charge < -0.3 is 9.88 Å². The molecule has 1 saturated carbocycles. The Bertz CT molecular complexity index is 1250. The summed E-state index contributed by atoms with van der Waals surface area (Å²) in [5.74, 6) is 0.654. The molecule has 3 aromatic rings. The summed E-state index contributed by atoms with van der Waals surface area (Å²) in [6.07, 6.45) is 9.19. The number of hydrogen-bond acceptors (Lipinski definition) is 5. The zero-order chi connectivity index (χ0) is 22.1. The lowest BCUT2D eigenvalue weighted by molar-refractivity contribution is 0.238. The van der Waals surface area contributed by atoms with E-state index in [0.717, 1.165) is 12.8 Å². The first-order valence-electron chi connectivity index (χ1n) is 10.8. The zero-order valence-electron chi connectivity index (χ0n) is 17.5. The molecule has 0 spiro atoms. The van der Waals surface area contributed by atoms with Crippen LogP contribution in [0.5, 0.6) is 0 Å². The minimum atomic E-state index is -0.347. The van der Waals surface area contributed by atoms with Crippen LogP contribution in [0.1, 0.15) is 51.3 Å². The number of rotatable bonds is 3. The van der Waals surface area contributed by atoms with Crippen LogP contribution in [0.25, 0.3) is 11.0 Å². The monoisotopic (exact) mass is 436 g/mol. The van der Waals surface area contributed by atoms with Crippen molar-refractivity contribution in [2.45, 2.75) is 44.1 Å².